The largest absolute Gasteiger partial charge is 0.284 e. The van der Waals surface area contributed by atoms with Crippen molar-refractivity contribution >= 4 is 52.1 Å². The van der Waals surface area contributed by atoms with Gasteiger partial charge in [-0.3, -0.25) is 15.2 Å². The smallest absolute Gasteiger partial charge is 0.282 e. The molecular weight excluding hydrogens is 467 g/mol. The molecule has 1 saturated heterocycles. The maximum absolute atomic E-state index is 13.3. The summed E-state index contributed by atoms with van der Waals surface area (Å²) >= 11 is 18.7. The lowest BCUT2D eigenvalue weighted by Crippen LogP contribution is -2.45. The summed E-state index contributed by atoms with van der Waals surface area (Å²) in [4.78, 5) is 13.3. The van der Waals surface area contributed by atoms with Gasteiger partial charge in [-0.25, -0.2) is 5.01 Å². The second kappa shape index (κ2) is 8.71. The standard InChI is InChI=1S/C24H23Cl3N4O/c1-14-22(24(32)29-30-12-16-3-2-4-17(16)13-30)28-31(21-10-9-19(26)11-20(21)27)23(14)15-5-7-18(25)8-6-15/h2-3,5-11,14,16-17,23H,4,12-13H2,1H3,(H,29,32). The van der Waals surface area contributed by atoms with Crippen molar-refractivity contribution in [2.45, 2.75) is 19.4 Å². The zero-order chi connectivity index (χ0) is 22.4. The molecule has 1 aliphatic carbocycles. The summed E-state index contributed by atoms with van der Waals surface area (Å²) in [6, 6.07) is 12.7. The van der Waals surface area contributed by atoms with E-state index in [0.717, 1.165) is 25.1 Å². The molecule has 1 N–H and O–H groups in total. The van der Waals surface area contributed by atoms with E-state index >= 15 is 0 Å². The van der Waals surface area contributed by atoms with Crippen LogP contribution in [-0.2, 0) is 4.79 Å². The number of carbonyl (C=O) groups is 1. The minimum Gasteiger partial charge on any atom is -0.284 e. The fraction of sp³-hybridized carbons (Fsp3) is 0.333. The topological polar surface area (TPSA) is 47.9 Å². The molecule has 32 heavy (non-hydrogen) atoms. The number of benzene rings is 2. The number of anilines is 1. The van der Waals surface area contributed by atoms with Gasteiger partial charge in [0.2, 0.25) is 0 Å². The summed E-state index contributed by atoms with van der Waals surface area (Å²) in [5, 5.41) is 10.3. The minimum absolute atomic E-state index is 0.162. The summed E-state index contributed by atoms with van der Waals surface area (Å²) in [6.07, 6.45) is 5.57. The summed E-state index contributed by atoms with van der Waals surface area (Å²) < 4.78 is 0. The van der Waals surface area contributed by atoms with Gasteiger partial charge in [0.15, 0.2) is 0 Å². The molecule has 8 heteroatoms. The van der Waals surface area contributed by atoms with Gasteiger partial charge in [-0.05, 0) is 54.2 Å². The van der Waals surface area contributed by atoms with Gasteiger partial charge < -0.3 is 0 Å². The Labute approximate surface area is 202 Å². The Bertz CT molecular complexity index is 1100. The van der Waals surface area contributed by atoms with Crippen LogP contribution in [0.5, 0.6) is 0 Å². The first-order valence-electron chi connectivity index (χ1n) is 10.7. The molecule has 2 aromatic carbocycles. The lowest BCUT2D eigenvalue weighted by Gasteiger charge is -2.27. The number of nitrogens with zero attached hydrogens (tertiary/aromatic N) is 3. The number of allylic oxidation sites excluding steroid dienone is 1. The Morgan fingerprint density at radius 3 is 2.53 bits per heavy atom. The quantitative estimate of drug-likeness (QED) is 0.557. The van der Waals surface area contributed by atoms with Crippen molar-refractivity contribution in [1.82, 2.24) is 10.4 Å². The molecule has 4 unspecified atom stereocenters. The van der Waals surface area contributed by atoms with E-state index in [1.54, 1.807) is 12.1 Å². The third kappa shape index (κ3) is 4.03. The molecule has 0 spiro atoms. The lowest BCUT2D eigenvalue weighted by atomic mass is 9.91. The molecule has 2 aromatic rings. The van der Waals surface area contributed by atoms with Crippen LogP contribution in [-0.4, -0.2) is 29.7 Å². The van der Waals surface area contributed by atoms with Gasteiger partial charge in [0.25, 0.3) is 5.91 Å². The molecule has 3 aliphatic rings. The van der Waals surface area contributed by atoms with Crippen molar-refractivity contribution in [1.29, 1.82) is 0 Å². The predicted octanol–water partition coefficient (Wildman–Crippen LogP) is 5.74. The molecule has 0 bridgehead atoms. The summed E-state index contributed by atoms with van der Waals surface area (Å²) in [7, 11) is 0. The van der Waals surface area contributed by atoms with Gasteiger partial charge in [-0.1, -0.05) is 66.0 Å². The molecule has 1 amide bonds. The average Bonchev–Trinajstić information content (AvgIpc) is 3.42. The lowest BCUT2D eigenvalue weighted by molar-refractivity contribution is -0.119. The maximum atomic E-state index is 13.3. The number of hydrogen-bond acceptors (Lipinski definition) is 4. The number of amides is 1. The number of hydrazone groups is 1. The van der Waals surface area contributed by atoms with E-state index in [1.807, 2.05) is 47.3 Å². The third-order valence-corrected chi connectivity index (χ3v) is 7.35. The van der Waals surface area contributed by atoms with Gasteiger partial charge in [0, 0.05) is 29.1 Å². The van der Waals surface area contributed by atoms with Crippen molar-refractivity contribution in [3.63, 3.8) is 0 Å². The number of nitrogens with one attached hydrogen (secondary N) is 1. The number of halogens is 3. The first-order chi connectivity index (χ1) is 15.4. The van der Waals surface area contributed by atoms with E-state index in [0.29, 0.717) is 38.3 Å². The van der Waals surface area contributed by atoms with Crippen LogP contribution in [0, 0.1) is 17.8 Å². The van der Waals surface area contributed by atoms with Crippen LogP contribution in [0.4, 0.5) is 5.69 Å². The van der Waals surface area contributed by atoms with Crippen LogP contribution in [0.25, 0.3) is 0 Å². The minimum atomic E-state index is -0.201. The zero-order valence-electron chi connectivity index (χ0n) is 17.5. The van der Waals surface area contributed by atoms with Crippen molar-refractivity contribution in [2.75, 3.05) is 18.1 Å². The molecular formula is C24H23Cl3N4O. The van der Waals surface area contributed by atoms with Crippen molar-refractivity contribution in [3.8, 4) is 0 Å². The van der Waals surface area contributed by atoms with Crippen LogP contribution < -0.4 is 10.4 Å². The molecule has 1 fully saturated rings. The van der Waals surface area contributed by atoms with Crippen LogP contribution in [0.15, 0.2) is 59.7 Å². The third-order valence-electron chi connectivity index (χ3n) is 6.56. The summed E-state index contributed by atoms with van der Waals surface area (Å²) in [5.41, 5.74) is 5.26. The Morgan fingerprint density at radius 2 is 1.81 bits per heavy atom. The van der Waals surface area contributed by atoms with E-state index < -0.39 is 0 Å². The summed E-state index contributed by atoms with van der Waals surface area (Å²) in [6.45, 7) is 3.71. The highest BCUT2D eigenvalue weighted by Gasteiger charge is 2.41. The van der Waals surface area contributed by atoms with Crippen LogP contribution in [0.2, 0.25) is 15.1 Å². The molecule has 5 nitrogen and oxygen atoms in total. The van der Waals surface area contributed by atoms with Crippen molar-refractivity contribution in [3.05, 3.63) is 75.2 Å². The molecule has 2 aliphatic heterocycles. The number of fused-ring (bicyclic) bond motifs is 1. The highest BCUT2D eigenvalue weighted by atomic mass is 35.5. The summed E-state index contributed by atoms with van der Waals surface area (Å²) in [5.74, 6) is 0.770. The first-order valence-corrected chi connectivity index (χ1v) is 11.8. The number of rotatable bonds is 4. The molecule has 0 radical (unpaired) electrons. The van der Waals surface area contributed by atoms with Gasteiger partial charge in [0.05, 0.1) is 16.8 Å². The highest BCUT2D eigenvalue weighted by Crippen LogP contribution is 2.42. The zero-order valence-corrected chi connectivity index (χ0v) is 19.8. The monoisotopic (exact) mass is 488 g/mol. The first kappa shape index (κ1) is 21.8. The van der Waals surface area contributed by atoms with Crippen LogP contribution in [0.1, 0.15) is 24.9 Å². The Morgan fingerprint density at radius 1 is 1.06 bits per heavy atom. The number of hydrazine groups is 1. The van der Waals surface area contributed by atoms with Crippen LogP contribution >= 0.6 is 34.8 Å². The van der Waals surface area contributed by atoms with E-state index in [1.165, 1.54) is 0 Å². The van der Waals surface area contributed by atoms with Crippen molar-refractivity contribution in [2.24, 2.45) is 22.9 Å². The normalized spacial score (nSPS) is 27.0. The molecule has 0 aromatic heterocycles. The van der Waals surface area contributed by atoms with Gasteiger partial charge in [-0.15, -0.1) is 0 Å². The fourth-order valence-corrected chi connectivity index (χ4v) is 5.55. The van der Waals surface area contributed by atoms with Crippen molar-refractivity contribution < 1.29 is 4.79 Å². The average molecular weight is 490 g/mol. The van der Waals surface area contributed by atoms with Gasteiger partial charge >= 0.3 is 0 Å². The molecule has 4 atom stereocenters. The Balaban J connectivity index is 1.44. The Hall–Kier alpha value is -2.05. The fourth-order valence-electron chi connectivity index (χ4n) is 4.93. The number of carbonyl (C=O) groups excluding carboxylic acids is 1. The molecule has 5 rings (SSSR count). The predicted molar refractivity (Wildman–Crippen MR) is 130 cm³/mol. The van der Waals surface area contributed by atoms with Crippen LogP contribution in [0.3, 0.4) is 0 Å². The molecule has 0 saturated carbocycles. The highest BCUT2D eigenvalue weighted by molar-refractivity contribution is 6.41. The van der Waals surface area contributed by atoms with E-state index in [4.69, 9.17) is 39.9 Å². The second-order valence-electron chi connectivity index (χ2n) is 8.64. The van der Waals surface area contributed by atoms with Gasteiger partial charge in [-0.2, -0.15) is 5.10 Å². The van der Waals surface area contributed by atoms with Gasteiger partial charge in [0.1, 0.15) is 5.71 Å². The van der Waals surface area contributed by atoms with E-state index in [9.17, 15) is 4.79 Å². The molecule has 166 valence electrons. The SMILES string of the molecule is CC1C(C(=O)NN2CC3C=CCC3C2)=NN(c2ccc(Cl)cc2Cl)C1c1ccc(Cl)cc1. The number of hydrogen-bond donors (Lipinski definition) is 1. The second-order valence-corrected chi connectivity index (χ2v) is 9.92. The van der Waals surface area contributed by atoms with E-state index in [2.05, 4.69) is 17.6 Å². The Kier molecular flexibility index (Phi) is 5.93. The maximum Gasteiger partial charge on any atom is 0.282 e. The van der Waals surface area contributed by atoms with E-state index in [-0.39, 0.29) is 17.9 Å². The molecule has 2 heterocycles.